The summed E-state index contributed by atoms with van der Waals surface area (Å²) in [4.78, 5) is 16.2. The number of nitrogens with two attached hydrogens (primary N) is 1. The molecule has 2 rings (SSSR count). The standard InChI is InChI=1S/C14H19N3O3S/c1-19-7-8-20-6-2-5-16-13(18)10-3-4-11-12(9-10)21-14(15)17-11/h3-4,9H,2,5-8H2,1H3,(H2,15,17)(H,16,18). The molecule has 0 aliphatic rings. The number of hydrogen-bond donors (Lipinski definition) is 2. The van der Waals surface area contributed by atoms with E-state index in [0.29, 0.717) is 37.1 Å². The number of ether oxygens (including phenoxy) is 2. The molecule has 21 heavy (non-hydrogen) atoms. The van der Waals surface area contributed by atoms with Crippen molar-refractivity contribution in [2.45, 2.75) is 6.42 Å². The highest BCUT2D eigenvalue weighted by molar-refractivity contribution is 7.22. The molecule has 0 unspecified atom stereocenters. The third-order valence-electron chi connectivity index (χ3n) is 2.85. The van der Waals surface area contributed by atoms with Crippen LogP contribution in [0.2, 0.25) is 0 Å². The first kappa shape index (κ1) is 15.7. The summed E-state index contributed by atoms with van der Waals surface area (Å²) in [6, 6.07) is 5.38. The monoisotopic (exact) mass is 309 g/mol. The van der Waals surface area contributed by atoms with Crippen LogP contribution < -0.4 is 11.1 Å². The first-order valence-electron chi connectivity index (χ1n) is 6.71. The predicted molar refractivity (Wildman–Crippen MR) is 83.7 cm³/mol. The smallest absolute Gasteiger partial charge is 0.251 e. The number of hydrogen-bond acceptors (Lipinski definition) is 6. The number of fused-ring (bicyclic) bond motifs is 1. The number of benzene rings is 1. The number of anilines is 1. The van der Waals surface area contributed by atoms with Gasteiger partial charge < -0.3 is 20.5 Å². The highest BCUT2D eigenvalue weighted by Crippen LogP contribution is 2.24. The number of carbonyl (C=O) groups excluding carboxylic acids is 1. The topological polar surface area (TPSA) is 86.5 Å². The number of nitrogen functional groups attached to an aromatic ring is 1. The third kappa shape index (κ3) is 4.66. The molecule has 0 fully saturated rings. The van der Waals surface area contributed by atoms with Crippen LogP contribution in [-0.2, 0) is 9.47 Å². The molecular weight excluding hydrogens is 290 g/mol. The number of aromatic nitrogens is 1. The summed E-state index contributed by atoms with van der Waals surface area (Å²) in [5.41, 5.74) is 7.09. The van der Waals surface area contributed by atoms with E-state index in [4.69, 9.17) is 15.2 Å². The second-order valence-corrected chi connectivity index (χ2v) is 5.51. The summed E-state index contributed by atoms with van der Waals surface area (Å²) in [6.07, 6.45) is 0.769. The molecule has 6 nitrogen and oxygen atoms in total. The molecule has 1 amide bonds. The Hall–Kier alpha value is -1.70. The maximum Gasteiger partial charge on any atom is 0.251 e. The molecule has 0 spiro atoms. The maximum absolute atomic E-state index is 12.0. The number of nitrogens with one attached hydrogen (secondary N) is 1. The van der Waals surface area contributed by atoms with Crippen LogP contribution in [0.1, 0.15) is 16.8 Å². The van der Waals surface area contributed by atoms with E-state index in [1.807, 2.05) is 12.1 Å². The first-order chi connectivity index (χ1) is 10.2. The van der Waals surface area contributed by atoms with Crippen LogP contribution in [0, 0.1) is 0 Å². The molecule has 1 heterocycles. The summed E-state index contributed by atoms with van der Waals surface area (Å²) >= 11 is 1.38. The number of methoxy groups -OCH3 is 1. The second kappa shape index (κ2) is 7.92. The highest BCUT2D eigenvalue weighted by atomic mass is 32.1. The van der Waals surface area contributed by atoms with Crippen molar-refractivity contribution >= 4 is 32.6 Å². The van der Waals surface area contributed by atoms with Crippen molar-refractivity contribution in [3.8, 4) is 0 Å². The Labute approximate surface area is 127 Å². The number of carbonyl (C=O) groups is 1. The number of nitrogens with zero attached hydrogens (tertiary/aromatic N) is 1. The highest BCUT2D eigenvalue weighted by Gasteiger charge is 2.08. The molecule has 0 radical (unpaired) electrons. The van der Waals surface area contributed by atoms with Crippen molar-refractivity contribution in [1.29, 1.82) is 0 Å². The second-order valence-electron chi connectivity index (χ2n) is 4.45. The van der Waals surface area contributed by atoms with Crippen molar-refractivity contribution < 1.29 is 14.3 Å². The Balaban J connectivity index is 1.76. The normalized spacial score (nSPS) is 10.9. The van der Waals surface area contributed by atoms with Gasteiger partial charge >= 0.3 is 0 Å². The average Bonchev–Trinajstić information content (AvgIpc) is 2.85. The van der Waals surface area contributed by atoms with Gasteiger partial charge in [0.1, 0.15) is 0 Å². The van der Waals surface area contributed by atoms with Crippen LogP contribution in [0.5, 0.6) is 0 Å². The minimum Gasteiger partial charge on any atom is -0.382 e. The fourth-order valence-electron chi connectivity index (χ4n) is 1.81. The van der Waals surface area contributed by atoms with E-state index in [9.17, 15) is 4.79 Å². The number of thiazole rings is 1. The van der Waals surface area contributed by atoms with E-state index < -0.39 is 0 Å². The lowest BCUT2D eigenvalue weighted by Gasteiger charge is -2.06. The molecule has 114 valence electrons. The zero-order valence-corrected chi connectivity index (χ0v) is 12.7. The van der Waals surface area contributed by atoms with E-state index in [-0.39, 0.29) is 5.91 Å². The predicted octanol–water partition coefficient (Wildman–Crippen LogP) is 1.66. The lowest BCUT2D eigenvalue weighted by molar-refractivity contribution is 0.0688. The first-order valence-corrected chi connectivity index (χ1v) is 7.53. The van der Waals surface area contributed by atoms with E-state index in [0.717, 1.165) is 16.6 Å². The average molecular weight is 309 g/mol. The summed E-state index contributed by atoms with van der Waals surface area (Å²) in [7, 11) is 1.64. The van der Waals surface area contributed by atoms with E-state index in [1.54, 1.807) is 13.2 Å². The zero-order chi connectivity index (χ0) is 15.1. The van der Waals surface area contributed by atoms with Gasteiger partial charge in [-0.25, -0.2) is 4.98 Å². The minimum absolute atomic E-state index is 0.0965. The number of rotatable bonds is 8. The fraction of sp³-hybridized carbons (Fsp3) is 0.429. The molecule has 0 saturated carbocycles. The van der Waals surface area contributed by atoms with Crippen LogP contribution in [-0.4, -0.2) is 44.4 Å². The molecule has 0 aliphatic carbocycles. The summed E-state index contributed by atoms with van der Waals surface area (Å²) in [5.74, 6) is -0.0965. The molecule has 0 saturated heterocycles. The van der Waals surface area contributed by atoms with Gasteiger partial charge in [0.05, 0.1) is 23.4 Å². The largest absolute Gasteiger partial charge is 0.382 e. The molecule has 2 aromatic rings. The summed E-state index contributed by atoms with van der Waals surface area (Å²) in [6.45, 7) is 2.35. The molecule has 0 atom stereocenters. The SMILES string of the molecule is COCCOCCCNC(=O)c1ccc2nc(N)sc2c1. The third-order valence-corrected chi connectivity index (χ3v) is 3.70. The lowest BCUT2D eigenvalue weighted by Crippen LogP contribution is -2.25. The zero-order valence-electron chi connectivity index (χ0n) is 11.9. The minimum atomic E-state index is -0.0965. The van der Waals surface area contributed by atoms with E-state index in [1.165, 1.54) is 11.3 Å². The van der Waals surface area contributed by atoms with Crippen molar-refractivity contribution in [3.05, 3.63) is 23.8 Å². The van der Waals surface area contributed by atoms with Crippen LogP contribution in [0.4, 0.5) is 5.13 Å². The molecule has 0 bridgehead atoms. The van der Waals surface area contributed by atoms with Gasteiger partial charge in [-0.05, 0) is 24.6 Å². The Kier molecular flexibility index (Phi) is 5.91. The van der Waals surface area contributed by atoms with E-state index in [2.05, 4.69) is 10.3 Å². The fourth-order valence-corrected chi connectivity index (χ4v) is 2.58. The molecule has 7 heteroatoms. The Bertz CT molecular complexity index is 600. The van der Waals surface area contributed by atoms with Crippen molar-refractivity contribution in [1.82, 2.24) is 10.3 Å². The van der Waals surface area contributed by atoms with Gasteiger partial charge in [-0.3, -0.25) is 4.79 Å². The maximum atomic E-state index is 12.0. The van der Waals surface area contributed by atoms with Gasteiger partial charge in [0.15, 0.2) is 5.13 Å². The van der Waals surface area contributed by atoms with Gasteiger partial charge in [-0.1, -0.05) is 11.3 Å². The van der Waals surface area contributed by atoms with Crippen LogP contribution in [0.25, 0.3) is 10.2 Å². The summed E-state index contributed by atoms with van der Waals surface area (Å²) < 4.78 is 11.1. The van der Waals surface area contributed by atoms with Gasteiger partial charge in [0.25, 0.3) is 5.91 Å². The van der Waals surface area contributed by atoms with Crippen molar-refractivity contribution in [2.24, 2.45) is 0 Å². The molecular formula is C14H19N3O3S. The Morgan fingerprint density at radius 2 is 2.24 bits per heavy atom. The van der Waals surface area contributed by atoms with E-state index >= 15 is 0 Å². The molecule has 0 aliphatic heterocycles. The van der Waals surface area contributed by atoms with Crippen LogP contribution >= 0.6 is 11.3 Å². The van der Waals surface area contributed by atoms with Gasteiger partial charge in [0, 0.05) is 25.8 Å². The van der Waals surface area contributed by atoms with Crippen LogP contribution in [0.3, 0.4) is 0 Å². The van der Waals surface area contributed by atoms with Crippen LogP contribution in [0.15, 0.2) is 18.2 Å². The number of amides is 1. The lowest BCUT2D eigenvalue weighted by atomic mass is 10.2. The quantitative estimate of drug-likeness (QED) is 0.724. The summed E-state index contributed by atoms with van der Waals surface area (Å²) in [5, 5.41) is 3.37. The Morgan fingerprint density at radius 1 is 1.38 bits per heavy atom. The van der Waals surface area contributed by atoms with Gasteiger partial charge in [0.2, 0.25) is 0 Å². The molecule has 1 aromatic heterocycles. The van der Waals surface area contributed by atoms with Gasteiger partial charge in [-0.2, -0.15) is 0 Å². The molecule has 1 aromatic carbocycles. The van der Waals surface area contributed by atoms with Crippen molar-refractivity contribution in [2.75, 3.05) is 39.2 Å². The van der Waals surface area contributed by atoms with Gasteiger partial charge in [-0.15, -0.1) is 0 Å². The van der Waals surface area contributed by atoms with Crippen molar-refractivity contribution in [3.63, 3.8) is 0 Å². The molecule has 3 N–H and O–H groups in total. The Morgan fingerprint density at radius 3 is 3.05 bits per heavy atom.